The molecule has 0 aliphatic heterocycles. The molecule has 0 unspecified atom stereocenters. The van der Waals surface area contributed by atoms with Gasteiger partial charge in [0.15, 0.2) is 0 Å². The van der Waals surface area contributed by atoms with Gasteiger partial charge in [-0.3, -0.25) is 0 Å². The van der Waals surface area contributed by atoms with Crippen LogP contribution in [0.4, 0.5) is 4.39 Å². The lowest BCUT2D eigenvalue weighted by Gasteiger charge is -2.07. The predicted molar refractivity (Wildman–Crippen MR) is 75.8 cm³/mol. The van der Waals surface area contributed by atoms with Crippen molar-refractivity contribution in [3.8, 4) is 17.5 Å². The van der Waals surface area contributed by atoms with E-state index in [-0.39, 0.29) is 10.6 Å². The fourth-order valence-electron chi connectivity index (χ4n) is 1.95. The van der Waals surface area contributed by atoms with E-state index >= 15 is 0 Å². The van der Waals surface area contributed by atoms with E-state index in [0.717, 1.165) is 11.4 Å². The van der Waals surface area contributed by atoms with Crippen LogP contribution < -0.4 is 0 Å². The van der Waals surface area contributed by atoms with Crippen LogP contribution in [0.2, 0.25) is 5.02 Å². The summed E-state index contributed by atoms with van der Waals surface area (Å²) in [6.07, 6.45) is 0. The molecule has 2 rings (SSSR count). The SMILES string of the molecule is Cc1nc(-c2ccc(F)c(Cl)c2C#N)[nH]c1CN(C)C. The average Bonchev–Trinajstić information content (AvgIpc) is 2.73. The van der Waals surface area contributed by atoms with E-state index in [2.05, 4.69) is 9.97 Å². The lowest BCUT2D eigenvalue weighted by molar-refractivity contribution is 0.396. The Bertz CT molecular complexity index is 685. The summed E-state index contributed by atoms with van der Waals surface area (Å²) in [7, 11) is 3.91. The average molecular weight is 293 g/mol. The molecule has 1 heterocycles. The summed E-state index contributed by atoms with van der Waals surface area (Å²) in [4.78, 5) is 9.57. The molecule has 6 heteroatoms. The van der Waals surface area contributed by atoms with Crippen LogP contribution in [0, 0.1) is 24.1 Å². The molecule has 0 radical (unpaired) electrons. The van der Waals surface area contributed by atoms with Crippen LogP contribution in [0.1, 0.15) is 17.0 Å². The van der Waals surface area contributed by atoms with E-state index in [4.69, 9.17) is 16.9 Å². The molecule has 0 amide bonds. The molecule has 104 valence electrons. The summed E-state index contributed by atoms with van der Waals surface area (Å²) in [5.41, 5.74) is 2.40. The molecule has 0 bridgehead atoms. The summed E-state index contributed by atoms with van der Waals surface area (Å²) in [6.45, 7) is 2.59. The van der Waals surface area contributed by atoms with Crippen molar-refractivity contribution in [2.75, 3.05) is 14.1 Å². The number of hydrogen-bond acceptors (Lipinski definition) is 3. The standard InChI is InChI=1S/C14H14ClFN4/c1-8-12(7-20(2)3)19-14(18-8)9-4-5-11(16)13(15)10(9)6-17/h4-5H,7H2,1-3H3,(H,18,19). The predicted octanol–water partition coefficient (Wildman–Crippen LogP) is 3.11. The second-order valence-corrected chi connectivity index (χ2v) is 5.16. The topological polar surface area (TPSA) is 55.7 Å². The monoisotopic (exact) mass is 292 g/mol. The molecule has 1 aromatic carbocycles. The number of halogens is 2. The molecular formula is C14H14ClFN4. The first-order valence-corrected chi connectivity index (χ1v) is 6.40. The molecule has 2 aromatic rings. The van der Waals surface area contributed by atoms with Gasteiger partial charge < -0.3 is 9.88 Å². The van der Waals surface area contributed by atoms with Crippen molar-refractivity contribution in [2.45, 2.75) is 13.5 Å². The minimum absolute atomic E-state index is 0.0943. The number of hydrogen-bond donors (Lipinski definition) is 1. The lowest BCUT2D eigenvalue weighted by atomic mass is 10.1. The van der Waals surface area contributed by atoms with Gasteiger partial charge in [-0.05, 0) is 33.2 Å². The van der Waals surface area contributed by atoms with Crippen LogP contribution in [0.5, 0.6) is 0 Å². The van der Waals surface area contributed by atoms with E-state index < -0.39 is 5.82 Å². The number of nitrogens with zero attached hydrogens (tertiary/aromatic N) is 3. The number of nitriles is 1. The van der Waals surface area contributed by atoms with Gasteiger partial charge in [0, 0.05) is 12.1 Å². The van der Waals surface area contributed by atoms with Crippen molar-refractivity contribution in [2.24, 2.45) is 0 Å². The van der Waals surface area contributed by atoms with E-state index in [9.17, 15) is 4.39 Å². The van der Waals surface area contributed by atoms with E-state index in [0.29, 0.717) is 17.9 Å². The van der Waals surface area contributed by atoms with E-state index in [1.165, 1.54) is 12.1 Å². The van der Waals surface area contributed by atoms with Crippen LogP contribution in [0.3, 0.4) is 0 Å². The van der Waals surface area contributed by atoms with E-state index in [1.807, 2.05) is 32.0 Å². The zero-order chi connectivity index (χ0) is 14.9. The minimum atomic E-state index is -0.608. The molecule has 0 aliphatic carbocycles. The molecule has 0 saturated heterocycles. The molecule has 1 aromatic heterocycles. The lowest BCUT2D eigenvalue weighted by Crippen LogP contribution is -2.11. The van der Waals surface area contributed by atoms with Gasteiger partial charge in [0.1, 0.15) is 17.7 Å². The van der Waals surface area contributed by atoms with Crippen LogP contribution in [-0.4, -0.2) is 29.0 Å². The van der Waals surface area contributed by atoms with Crippen LogP contribution in [-0.2, 0) is 6.54 Å². The summed E-state index contributed by atoms with van der Waals surface area (Å²) < 4.78 is 13.4. The summed E-state index contributed by atoms with van der Waals surface area (Å²) >= 11 is 5.83. The van der Waals surface area contributed by atoms with Crippen molar-refractivity contribution >= 4 is 11.6 Å². The number of rotatable bonds is 3. The van der Waals surface area contributed by atoms with Gasteiger partial charge in [0.05, 0.1) is 22.0 Å². The van der Waals surface area contributed by atoms with Gasteiger partial charge >= 0.3 is 0 Å². The van der Waals surface area contributed by atoms with Crippen molar-refractivity contribution < 1.29 is 4.39 Å². The maximum atomic E-state index is 13.4. The molecule has 0 fully saturated rings. The first kappa shape index (κ1) is 14.5. The summed E-state index contributed by atoms with van der Waals surface area (Å²) in [6, 6.07) is 4.68. The quantitative estimate of drug-likeness (QED) is 0.945. The first-order chi connectivity index (χ1) is 9.43. The minimum Gasteiger partial charge on any atom is -0.341 e. The molecule has 1 N–H and O–H groups in total. The number of aryl methyl sites for hydroxylation is 1. The molecule has 4 nitrogen and oxygen atoms in total. The van der Waals surface area contributed by atoms with Crippen molar-refractivity contribution in [1.82, 2.24) is 14.9 Å². The van der Waals surface area contributed by atoms with Crippen LogP contribution >= 0.6 is 11.6 Å². The number of benzene rings is 1. The summed E-state index contributed by atoms with van der Waals surface area (Å²) in [5, 5.41) is 8.98. The van der Waals surface area contributed by atoms with Gasteiger partial charge in [-0.25, -0.2) is 9.37 Å². The van der Waals surface area contributed by atoms with Gasteiger partial charge in [0.25, 0.3) is 0 Å². The normalized spacial score (nSPS) is 10.8. The third-order valence-corrected chi connectivity index (χ3v) is 3.29. The van der Waals surface area contributed by atoms with Crippen molar-refractivity contribution in [3.05, 3.63) is 39.9 Å². The van der Waals surface area contributed by atoms with E-state index in [1.54, 1.807) is 0 Å². The molecule has 0 aliphatic rings. The Morgan fingerprint density at radius 3 is 2.75 bits per heavy atom. The number of imidazole rings is 1. The third kappa shape index (κ3) is 2.67. The first-order valence-electron chi connectivity index (χ1n) is 6.02. The molecule has 0 saturated carbocycles. The number of aromatic nitrogens is 2. The Balaban J connectivity index is 2.53. The highest BCUT2D eigenvalue weighted by molar-refractivity contribution is 6.32. The maximum absolute atomic E-state index is 13.4. The van der Waals surface area contributed by atoms with Crippen molar-refractivity contribution in [3.63, 3.8) is 0 Å². The molecule has 0 spiro atoms. The van der Waals surface area contributed by atoms with Gasteiger partial charge in [-0.15, -0.1) is 0 Å². The second-order valence-electron chi connectivity index (χ2n) is 4.78. The third-order valence-electron chi connectivity index (χ3n) is 2.92. The highest BCUT2D eigenvalue weighted by Gasteiger charge is 2.16. The fourth-order valence-corrected chi connectivity index (χ4v) is 2.16. The van der Waals surface area contributed by atoms with Crippen LogP contribution in [0.15, 0.2) is 12.1 Å². The molecular weight excluding hydrogens is 279 g/mol. The fraction of sp³-hybridized carbons (Fsp3) is 0.286. The smallest absolute Gasteiger partial charge is 0.143 e. The Morgan fingerprint density at radius 1 is 1.45 bits per heavy atom. The Kier molecular flexibility index (Phi) is 4.07. The highest BCUT2D eigenvalue weighted by Crippen LogP contribution is 2.29. The highest BCUT2D eigenvalue weighted by atomic mass is 35.5. The van der Waals surface area contributed by atoms with Crippen molar-refractivity contribution in [1.29, 1.82) is 5.26 Å². The zero-order valence-corrected chi connectivity index (χ0v) is 12.2. The molecule has 0 atom stereocenters. The maximum Gasteiger partial charge on any atom is 0.143 e. The second kappa shape index (κ2) is 5.61. The number of nitrogens with one attached hydrogen (secondary N) is 1. The van der Waals surface area contributed by atoms with Crippen LogP contribution in [0.25, 0.3) is 11.4 Å². The Morgan fingerprint density at radius 2 is 2.15 bits per heavy atom. The Labute approximate surface area is 121 Å². The van der Waals surface area contributed by atoms with Gasteiger partial charge in [-0.1, -0.05) is 11.6 Å². The number of aromatic amines is 1. The Hall–Kier alpha value is -1.90. The van der Waals surface area contributed by atoms with Gasteiger partial charge in [-0.2, -0.15) is 5.26 Å². The van der Waals surface area contributed by atoms with Gasteiger partial charge in [0.2, 0.25) is 0 Å². The molecule has 20 heavy (non-hydrogen) atoms. The zero-order valence-electron chi connectivity index (χ0n) is 11.5. The summed E-state index contributed by atoms with van der Waals surface area (Å²) in [5.74, 6) is -0.0819. The largest absolute Gasteiger partial charge is 0.341 e. The number of H-pyrrole nitrogens is 1.